The lowest BCUT2D eigenvalue weighted by Gasteiger charge is -2.13. The summed E-state index contributed by atoms with van der Waals surface area (Å²) in [5.41, 5.74) is 2.35. The highest BCUT2D eigenvalue weighted by atomic mass is 32.1. The van der Waals surface area contributed by atoms with Crippen LogP contribution in [0.5, 0.6) is 0 Å². The van der Waals surface area contributed by atoms with E-state index in [1.54, 1.807) is 18.3 Å². The van der Waals surface area contributed by atoms with Gasteiger partial charge in [-0.15, -0.1) is 11.3 Å². The number of nitrogens with zero attached hydrogens (tertiary/aromatic N) is 1. The van der Waals surface area contributed by atoms with Gasteiger partial charge in [0.15, 0.2) is 0 Å². The molecule has 0 saturated carbocycles. The molecule has 5 nitrogen and oxygen atoms in total. The maximum absolute atomic E-state index is 13.4. The summed E-state index contributed by atoms with van der Waals surface area (Å²) in [7, 11) is 0. The standard InChI is InChI=1S/C23H21F2N3O2S/c24-16-10-14(11-17(25)12-16)7-9-27-22(30)20-18-5-1-2-6-19(18)31-23(20)28-21(29)15-4-3-8-26-13-15/h3-4,8,10-13H,1-2,5-7,9H2,(H,27,30)(H,28,29). The van der Waals surface area contributed by atoms with Crippen LogP contribution in [0.15, 0.2) is 42.7 Å². The van der Waals surface area contributed by atoms with Crippen LogP contribution in [0, 0.1) is 11.6 Å². The second kappa shape index (κ2) is 9.34. The molecule has 2 heterocycles. The zero-order valence-corrected chi connectivity index (χ0v) is 17.5. The topological polar surface area (TPSA) is 71.1 Å². The lowest BCUT2D eigenvalue weighted by atomic mass is 9.95. The van der Waals surface area contributed by atoms with Gasteiger partial charge in [0.1, 0.15) is 16.6 Å². The average Bonchev–Trinajstić information content (AvgIpc) is 3.11. The number of carbonyl (C=O) groups excluding carboxylic acids is 2. The molecule has 4 rings (SSSR count). The Labute approximate surface area is 182 Å². The third-order valence-corrected chi connectivity index (χ3v) is 6.38. The van der Waals surface area contributed by atoms with Crippen molar-refractivity contribution >= 4 is 28.2 Å². The van der Waals surface area contributed by atoms with E-state index in [0.717, 1.165) is 42.2 Å². The molecule has 0 radical (unpaired) electrons. The smallest absolute Gasteiger partial charge is 0.257 e. The van der Waals surface area contributed by atoms with E-state index >= 15 is 0 Å². The monoisotopic (exact) mass is 441 g/mol. The van der Waals surface area contributed by atoms with Gasteiger partial charge in [-0.3, -0.25) is 14.6 Å². The number of thiophene rings is 1. The van der Waals surface area contributed by atoms with Crippen LogP contribution in [0.2, 0.25) is 0 Å². The molecule has 0 aliphatic heterocycles. The van der Waals surface area contributed by atoms with E-state index in [4.69, 9.17) is 0 Å². The van der Waals surface area contributed by atoms with Crippen LogP contribution in [0.3, 0.4) is 0 Å². The number of rotatable bonds is 6. The number of carbonyl (C=O) groups is 2. The number of pyridine rings is 1. The molecular formula is C23H21F2N3O2S. The van der Waals surface area contributed by atoms with E-state index in [1.165, 1.54) is 29.7 Å². The number of halogens is 2. The predicted octanol–water partition coefficient (Wildman–Crippen LogP) is 4.52. The van der Waals surface area contributed by atoms with Crippen LogP contribution >= 0.6 is 11.3 Å². The van der Waals surface area contributed by atoms with Crippen molar-refractivity contribution in [2.75, 3.05) is 11.9 Å². The fraction of sp³-hybridized carbons (Fsp3) is 0.261. The fourth-order valence-electron chi connectivity index (χ4n) is 3.73. The largest absolute Gasteiger partial charge is 0.352 e. The highest BCUT2D eigenvalue weighted by Crippen LogP contribution is 2.38. The highest BCUT2D eigenvalue weighted by Gasteiger charge is 2.26. The van der Waals surface area contributed by atoms with Crippen LogP contribution in [0.4, 0.5) is 13.8 Å². The predicted molar refractivity (Wildman–Crippen MR) is 116 cm³/mol. The normalized spacial score (nSPS) is 12.8. The Balaban J connectivity index is 1.51. The maximum atomic E-state index is 13.4. The summed E-state index contributed by atoms with van der Waals surface area (Å²) in [6.45, 7) is 0.225. The van der Waals surface area contributed by atoms with Crippen molar-refractivity contribution in [1.82, 2.24) is 10.3 Å². The Morgan fingerprint density at radius 1 is 1.06 bits per heavy atom. The summed E-state index contributed by atoms with van der Waals surface area (Å²) in [6, 6.07) is 6.66. The quantitative estimate of drug-likeness (QED) is 0.591. The zero-order chi connectivity index (χ0) is 21.8. The molecule has 2 aromatic heterocycles. The van der Waals surface area contributed by atoms with Gasteiger partial charge in [0.2, 0.25) is 0 Å². The molecule has 0 saturated heterocycles. The molecule has 2 amide bonds. The minimum atomic E-state index is -0.645. The van der Waals surface area contributed by atoms with E-state index in [0.29, 0.717) is 28.1 Å². The average molecular weight is 442 g/mol. The van der Waals surface area contributed by atoms with Gasteiger partial charge < -0.3 is 10.6 Å². The molecular weight excluding hydrogens is 420 g/mol. The Kier molecular flexibility index (Phi) is 6.36. The molecule has 3 aromatic rings. The van der Waals surface area contributed by atoms with Gasteiger partial charge >= 0.3 is 0 Å². The number of anilines is 1. The zero-order valence-electron chi connectivity index (χ0n) is 16.7. The SMILES string of the molecule is O=C(Nc1sc2c(c1C(=O)NCCc1cc(F)cc(F)c1)CCCC2)c1cccnc1. The molecule has 0 atom stereocenters. The number of aromatic nitrogens is 1. The van der Waals surface area contributed by atoms with E-state index < -0.39 is 11.6 Å². The number of nitrogens with one attached hydrogen (secondary N) is 2. The molecule has 1 aromatic carbocycles. The summed E-state index contributed by atoms with van der Waals surface area (Å²) >= 11 is 1.43. The molecule has 1 aliphatic carbocycles. The van der Waals surface area contributed by atoms with E-state index in [-0.39, 0.29) is 18.4 Å². The molecule has 2 N–H and O–H groups in total. The van der Waals surface area contributed by atoms with Crippen molar-refractivity contribution in [3.63, 3.8) is 0 Å². The summed E-state index contributed by atoms with van der Waals surface area (Å²) < 4.78 is 26.7. The van der Waals surface area contributed by atoms with Gasteiger partial charge in [0, 0.05) is 29.9 Å². The second-order valence-electron chi connectivity index (χ2n) is 7.39. The van der Waals surface area contributed by atoms with Crippen LogP contribution in [0.25, 0.3) is 0 Å². The first kappa shape index (κ1) is 21.1. The van der Waals surface area contributed by atoms with Gasteiger partial charge in [-0.25, -0.2) is 8.78 Å². The minimum absolute atomic E-state index is 0.225. The fourth-order valence-corrected chi connectivity index (χ4v) is 5.01. The summed E-state index contributed by atoms with van der Waals surface area (Å²) in [5.74, 6) is -1.91. The molecule has 0 bridgehead atoms. The molecule has 0 fully saturated rings. The van der Waals surface area contributed by atoms with Crippen LogP contribution < -0.4 is 10.6 Å². The van der Waals surface area contributed by atoms with Gasteiger partial charge in [0.25, 0.3) is 11.8 Å². The number of benzene rings is 1. The molecule has 0 unspecified atom stereocenters. The first-order valence-corrected chi connectivity index (χ1v) is 10.9. The number of aryl methyl sites for hydroxylation is 1. The second-order valence-corrected chi connectivity index (χ2v) is 8.50. The summed E-state index contributed by atoms with van der Waals surface area (Å²) in [6.07, 6.45) is 7.06. The van der Waals surface area contributed by atoms with Crippen molar-refractivity contribution < 1.29 is 18.4 Å². The number of amides is 2. The van der Waals surface area contributed by atoms with Gasteiger partial charge in [-0.05, 0) is 67.5 Å². The van der Waals surface area contributed by atoms with E-state index in [1.807, 2.05) is 0 Å². The molecule has 0 spiro atoms. The molecule has 8 heteroatoms. The van der Waals surface area contributed by atoms with Crippen LogP contribution in [-0.4, -0.2) is 23.3 Å². The number of hydrogen-bond donors (Lipinski definition) is 2. The number of fused-ring (bicyclic) bond motifs is 1. The van der Waals surface area contributed by atoms with Crippen molar-refractivity contribution in [1.29, 1.82) is 0 Å². The lowest BCUT2D eigenvalue weighted by molar-refractivity contribution is 0.0954. The van der Waals surface area contributed by atoms with Gasteiger partial charge in [-0.1, -0.05) is 0 Å². The maximum Gasteiger partial charge on any atom is 0.257 e. The van der Waals surface area contributed by atoms with Crippen molar-refractivity contribution in [2.45, 2.75) is 32.1 Å². The molecule has 31 heavy (non-hydrogen) atoms. The molecule has 1 aliphatic rings. The first-order chi connectivity index (χ1) is 15.0. The Hall–Kier alpha value is -3.13. The van der Waals surface area contributed by atoms with Gasteiger partial charge in [-0.2, -0.15) is 0 Å². The summed E-state index contributed by atoms with van der Waals surface area (Å²) in [5, 5.41) is 6.23. The van der Waals surface area contributed by atoms with Crippen molar-refractivity contribution in [2.24, 2.45) is 0 Å². The van der Waals surface area contributed by atoms with Crippen LogP contribution in [0.1, 0.15) is 49.6 Å². The molecule has 160 valence electrons. The van der Waals surface area contributed by atoms with Gasteiger partial charge in [0.05, 0.1) is 11.1 Å². The van der Waals surface area contributed by atoms with E-state index in [2.05, 4.69) is 15.6 Å². The Bertz CT molecular complexity index is 1100. The minimum Gasteiger partial charge on any atom is -0.352 e. The van der Waals surface area contributed by atoms with E-state index in [9.17, 15) is 18.4 Å². The van der Waals surface area contributed by atoms with Crippen molar-refractivity contribution in [3.05, 3.63) is 81.5 Å². The Morgan fingerprint density at radius 3 is 2.58 bits per heavy atom. The third kappa shape index (κ3) is 4.96. The van der Waals surface area contributed by atoms with Crippen molar-refractivity contribution in [3.8, 4) is 0 Å². The Morgan fingerprint density at radius 2 is 1.84 bits per heavy atom. The first-order valence-electron chi connectivity index (χ1n) is 10.1. The highest BCUT2D eigenvalue weighted by molar-refractivity contribution is 7.17. The lowest BCUT2D eigenvalue weighted by Crippen LogP contribution is -2.28. The van der Waals surface area contributed by atoms with Crippen LogP contribution in [-0.2, 0) is 19.3 Å². The summed E-state index contributed by atoms with van der Waals surface area (Å²) in [4.78, 5) is 30.7. The number of hydrogen-bond acceptors (Lipinski definition) is 4. The third-order valence-electron chi connectivity index (χ3n) is 5.17.